The van der Waals surface area contributed by atoms with Crippen molar-refractivity contribution in [3.05, 3.63) is 41.5 Å². The first-order chi connectivity index (χ1) is 10.2. The van der Waals surface area contributed by atoms with Crippen LogP contribution >= 0.6 is 0 Å². The number of hydrogen-bond acceptors (Lipinski definition) is 4. The Hall–Kier alpha value is -2.31. The highest BCUT2D eigenvalue weighted by molar-refractivity contribution is 5.94. The van der Waals surface area contributed by atoms with Crippen LogP contribution < -0.4 is 5.32 Å². The molecule has 1 aromatic heterocycles. The summed E-state index contributed by atoms with van der Waals surface area (Å²) in [6.07, 6.45) is 4.49. The third kappa shape index (κ3) is 3.07. The molecule has 21 heavy (non-hydrogen) atoms. The van der Waals surface area contributed by atoms with Gasteiger partial charge in [0, 0.05) is 5.56 Å². The smallest absolute Gasteiger partial charge is 0.251 e. The first kappa shape index (κ1) is 13.7. The second-order valence-electron chi connectivity index (χ2n) is 5.17. The van der Waals surface area contributed by atoms with Crippen LogP contribution in [0.5, 0.6) is 0 Å². The van der Waals surface area contributed by atoms with Crippen LogP contribution in [0.4, 0.5) is 4.39 Å². The van der Waals surface area contributed by atoms with Gasteiger partial charge in [0.05, 0.1) is 12.6 Å². The van der Waals surface area contributed by atoms with Gasteiger partial charge in [0.25, 0.3) is 5.91 Å². The number of aromatic nitrogens is 4. The van der Waals surface area contributed by atoms with Gasteiger partial charge >= 0.3 is 0 Å². The van der Waals surface area contributed by atoms with Crippen molar-refractivity contribution in [2.75, 3.05) is 0 Å². The van der Waals surface area contributed by atoms with Gasteiger partial charge in [-0.2, -0.15) is 0 Å². The molecule has 6 nitrogen and oxygen atoms in total. The van der Waals surface area contributed by atoms with Crippen molar-refractivity contribution in [3.63, 3.8) is 0 Å². The molecule has 7 heteroatoms. The van der Waals surface area contributed by atoms with Crippen molar-refractivity contribution in [1.29, 1.82) is 0 Å². The van der Waals surface area contributed by atoms with E-state index in [1.165, 1.54) is 31.0 Å². The van der Waals surface area contributed by atoms with E-state index in [4.69, 9.17) is 0 Å². The lowest BCUT2D eigenvalue weighted by atomic mass is 10.2. The van der Waals surface area contributed by atoms with E-state index in [1.807, 2.05) is 0 Å². The average Bonchev–Trinajstić information content (AvgIpc) is 3.15. The van der Waals surface area contributed by atoms with Crippen molar-refractivity contribution < 1.29 is 9.18 Å². The van der Waals surface area contributed by atoms with Crippen LogP contribution in [0.3, 0.4) is 0 Å². The minimum Gasteiger partial charge on any atom is -0.345 e. The van der Waals surface area contributed by atoms with Crippen LogP contribution in [0.2, 0.25) is 0 Å². The predicted octanol–water partition coefficient (Wildman–Crippen LogP) is 1.86. The molecule has 0 atom stereocenters. The molecule has 1 aromatic carbocycles. The van der Waals surface area contributed by atoms with E-state index in [-0.39, 0.29) is 18.0 Å². The van der Waals surface area contributed by atoms with Crippen molar-refractivity contribution in [2.45, 2.75) is 38.3 Å². The number of carbonyl (C=O) groups excluding carboxylic acids is 1. The summed E-state index contributed by atoms with van der Waals surface area (Å²) in [5.74, 6) is -0.138. The van der Waals surface area contributed by atoms with Gasteiger partial charge in [0.2, 0.25) is 0 Å². The Morgan fingerprint density at radius 3 is 2.95 bits per heavy atom. The lowest BCUT2D eigenvalue weighted by Crippen LogP contribution is -2.25. The molecular weight excluding hydrogens is 273 g/mol. The first-order valence-corrected chi connectivity index (χ1v) is 7.04. The molecule has 1 aliphatic rings. The highest BCUT2D eigenvalue weighted by Gasteiger charge is 2.21. The Balaban J connectivity index is 1.65. The molecule has 0 unspecified atom stereocenters. The largest absolute Gasteiger partial charge is 0.345 e. The number of amides is 1. The summed E-state index contributed by atoms with van der Waals surface area (Å²) in [5.41, 5.74) is 0.287. The summed E-state index contributed by atoms with van der Waals surface area (Å²) >= 11 is 0. The molecule has 1 amide bonds. The van der Waals surface area contributed by atoms with Crippen molar-refractivity contribution in [3.8, 4) is 0 Å². The number of nitrogens with zero attached hydrogens (tertiary/aromatic N) is 4. The van der Waals surface area contributed by atoms with Gasteiger partial charge in [-0.1, -0.05) is 18.9 Å². The maximum absolute atomic E-state index is 13.1. The van der Waals surface area contributed by atoms with Crippen molar-refractivity contribution in [2.24, 2.45) is 0 Å². The van der Waals surface area contributed by atoms with Gasteiger partial charge in [-0.15, -0.1) is 5.10 Å². The number of nitrogens with one attached hydrogen (secondary N) is 1. The van der Waals surface area contributed by atoms with Gasteiger partial charge in [-0.25, -0.2) is 9.07 Å². The molecule has 3 rings (SSSR count). The highest BCUT2D eigenvalue weighted by atomic mass is 19.1. The third-order valence-electron chi connectivity index (χ3n) is 3.73. The minimum absolute atomic E-state index is 0.235. The normalized spacial score (nSPS) is 15.3. The van der Waals surface area contributed by atoms with E-state index in [1.54, 1.807) is 10.7 Å². The van der Waals surface area contributed by atoms with E-state index in [0.717, 1.165) is 12.8 Å². The Labute approximate surface area is 121 Å². The number of rotatable bonds is 4. The zero-order valence-corrected chi connectivity index (χ0v) is 11.5. The predicted molar refractivity (Wildman–Crippen MR) is 72.9 cm³/mol. The maximum atomic E-state index is 13.1. The Morgan fingerprint density at radius 2 is 2.19 bits per heavy atom. The zero-order chi connectivity index (χ0) is 14.7. The molecule has 1 saturated carbocycles. The van der Waals surface area contributed by atoms with Gasteiger partial charge in [-0.3, -0.25) is 4.79 Å². The average molecular weight is 289 g/mol. The van der Waals surface area contributed by atoms with Crippen molar-refractivity contribution in [1.82, 2.24) is 25.5 Å². The quantitative estimate of drug-likeness (QED) is 0.932. The molecule has 110 valence electrons. The van der Waals surface area contributed by atoms with Crippen LogP contribution in [0.1, 0.15) is 47.9 Å². The van der Waals surface area contributed by atoms with Crippen LogP contribution in [0, 0.1) is 5.82 Å². The van der Waals surface area contributed by atoms with Crippen molar-refractivity contribution >= 4 is 5.91 Å². The van der Waals surface area contributed by atoms with Gasteiger partial charge < -0.3 is 5.32 Å². The van der Waals surface area contributed by atoms with Gasteiger partial charge in [0.1, 0.15) is 5.82 Å². The fraction of sp³-hybridized carbons (Fsp3) is 0.429. The van der Waals surface area contributed by atoms with Crippen LogP contribution in [-0.4, -0.2) is 26.1 Å². The van der Waals surface area contributed by atoms with Crippen LogP contribution in [-0.2, 0) is 6.54 Å². The first-order valence-electron chi connectivity index (χ1n) is 7.04. The fourth-order valence-corrected chi connectivity index (χ4v) is 2.65. The standard InChI is InChI=1S/C14H16FN5O/c15-11-5-3-4-10(8-11)14(21)16-9-13-17-18-19-20(13)12-6-1-2-7-12/h3-5,8,12H,1-2,6-7,9H2,(H,16,21). The van der Waals surface area contributed by atoms with E-state index < -0.39 is 5.82 Å². The Bertz CT molecular complexity index is 636. The number of tetrazole rings is 1. The molecule has 0 radical (unpaired) electrons. The molecule has 0 aliphatic heterocycles. The summed E-state index contributed by atoms with van der Waals surface area (Å²) in [4.78, 5) is 12.0. The summed E-state index contributed by atoms with van der Waals surface area (Å²) in [7, 11) is 0. The molecule has 0 spiro atoms. The molecule has 1 heterocycles. The topological polar surface area (TPSA) is 72.7 Å². The summed E-state index contributed by atoms with van der Waals surface area (Å²) < 4.78 is 14.9. The SMILES string of the molecule is O=C(NCc1nnnn1C1CCCC1)c1cccc(F)c1. The van der Waals surface area contributed by atoms with Crippen LogP contribution in [0.15, 0.2) is 24.3 Å². The van der Waals surface area contributed by atoms with E-state index >= 15 is 0 Å². The number of benzene rings is 1. The number of hydrogen-bond donors (Lipinski definition) is 1. The molecular formula is C14H16FN5O. The molecule has 2 aromatic rings. The molecule has 0 bridgehead atoms. The third-order valence-corrected chi connectivity index (χ3v) is 3.73. The number of carbonyl (C=O) groups is 1. The highest BCUT2D eigenvalue weighted by Crippen LogP contribution is 2.28. The van der Waals surface area contributed by atoms with E-state index in [0.29, 0.717) is 11.9 Å². The van der Waals surface area contributed by atoms with Gasteiger partial charge in [-0.05, 0) is 41.5 Å². The monoisotopic (exact) mass is 289 g/mol. The second kappa shape index (κ2) is 5.99. The molecule has 0 saturated heterocycles. The summed E-state index contributed by atoms with van der Waals surface area (Å²) in [5, 5.41) is 14.4. The Morgan fingerprint density at radius 1 is 1.38 bits per heavy atom. The lowest BCUT2D eigenvalue weighted by molar-refractivity contribution is 0.0948. The lowest BCUT2D eigenvalue weighted by Gasteiger charge is -2.11. The number of halogens is 1. The molecule has 1 fully saturated rings. The van der Waals surface area contributed by atoms with E-state index in [2.05, 4.69) is 20.8 Å². The fourth-order valence-electron chi connectivity index (χ4n) is 2.65. The Kier molecular flexibility index (Phi) is 3.89. The zero-order valence-electron chi connectivity index (χ0n) is 11.5. The van der Waals surface area contributed by atoms with Crippen LogP contribution in [0.25, 0.3) is 0 Å². The van der Waals surface area contributed by atoms with E-state index in [9.17, 15) is 9.18 Å². The maximum Gasteiger partial charge on any atom is 0.251 e. The van der Waals surface area contributed by atoms with Gasteiger partial charge in [0.15, 0.2) is 5.82 Å². The summed E-state index contributed by atoms with van der Waals surface area (Å²) in [6.45, 7) is 0.235. The minimum atomic E-state index is -0.432. The molecule has 1 aliphatic carbocycles. The second-order valence-corrected chi connectivity index (χ2v) is 5.17. The summed E-state index contributed by atoms with van der Waals surface area (Å²) in [6, 6.07) is 5.90. The molecule has 1 N–H and O–H groups in total.